The number of hydrogen-bond acceptors (Lipinski definition) is 36. The molecule has 0 bridgehead atoms. The summed E-state index contributed by atoms with van der Waals surface area (Å²) in [5.74, 6) is -1.35. The number of aliphatic hydroxyl groups is 9. The van der Waals surface area contributed by atoms with Crippen LogP contribution in [0.1, 0.15) is 59.3 Å². The highest BCUT2D eigenvalue weighted by Crippen LogP contribution is 2.55. The molecule has 0 aromatic heterocycles. The van der Waals surface area contributed by atoms with E-state index in [-0.39, 0.29) is 190 Å². The predicted molar refractivity (Wildman–Crippen MR) is 378 cm³/mol. The van der Waals surface area contributed by atoms with E-state index in [9.17, 15) is 60.6 Å². The molecule has 3 aliphatic rings. The fourth-order valence-corrected chi connectivity index (χ4v) is 14.6. The molecule has 34 nitrogen and oxygen atoms in total. The lowest BCUT2D eigenvalue weighted by molar-refractivity contribution is -0.284. The summed E-state index contributed by atoms with van der Waals surface area (Å²) >= 11 is 20.1. The lowest BCUT2D eigenvalue weighted by Gasteiger charge is -2.41. The largest absolute Gasteiger partial charge is 0.646 e. The Balaban J connectivity index is 1.46. The molecule has 101 heavy (non-hydrogen) atoms. The van der Waals surface area contributed by atoms with Crippen molar-refractivity contribution in [1.29, 1.82) is 0 Å². The molecule has 3 rings (SSSR count). The van der Waals surface area contributed by atoms with Crippen molar-refractivity contribution < 1.29 is 163 Å². The van der Waals surface area contributed by atoms with E-state index in [2.05, 4.69) is 12.2 Å². The van der Waals surface area contributed by atoms with E-state index in [0.29, 0.717) is 58.3 Å². The summed E-state index contributed by atoms with van der Waals surface area (Å²) in [6.45, 7) is -3.09. The molecule has 0 amide bonds. The van der Waals surface area contributed by atoms with Gasteiger partial charge in [-0.3, -0.25) is 0 Å². The van der Waals surface area contributed by atoms with Gasteiger partial charge in [-0.2, -0.15) is 0 Å². The van der Waals surface area contributed by atoms with Gasteiger partial charge in [-0.1, -0.05) is 20.8 Å². The van der Waals surface area contributed by atoms with Crippen LogP contribution in [0.2, 0.25) is 0 Å². The van der Waals surface area contributed by atoms with Crippen molar-refractivity contribution in [2.24, 2.45) is 23.2 Å². The first-order valence-electron chi connectivity index (χ1n) is 34.0. The molecule has 20 atom stereocenters. The monoisotopic (exact) mass is 1620 g/mol. The molecule has 3 saturated heterocycles. The van der Waals surface area contributed by atoms with Crippen LogP contribution in [0, 0.1) is 23.2 Å². The van der Waals surface area contributed by atoms with Gasteiger partial charge in [0.2, 0.25) is 0 Å². The third-order valence-electron chi connectivity index (χ3n) is 16.0. The lowest BCUT2D eigenvalue weighted by Crippen LogP contribution is -2.55. The van der Waals surface area contributed by atoms with Gasteiger partial charge in [-0.25, -0.2) is 4.52 Å². The molecule has 11 N–H and O–H groups in total. The lowest BCUT2D eigenvalue weighted by atomic mass is 9.86. The maximum Gasteiger partial charge on any atom is 0.324 e. The summed E-state index contributed by atoms with van der Waals surface area (Å²) in [4.78, 5) is 34.0. The first-order valence-corrected chi connectivity index (χ1v) is 45.3. The molecule has 11 unspecified atom stereocenters. The second-order valence-electron chi connectivity index (χ2n) is 24.3. The van der Waals surface area contributed by atoms with Gasteiger partial charge in [0.25, 0.3) is 0 Å². The predicted octanol–water partition coefficient (Wildman–Crippen LogP) is -0.0480. The average molecular weight is 1620 g/mol. The van der Waals surface area contributed by atoms with Gasteiger partial charge in [0.15, 0.2) is 26.0 Å². The quantitative estimate of drug-likeness (QED) is 0.0216. The van der Waals surface area contributed by atoms with Crippen LogP contribution in [0.4, 0.5) is 0 Å². The summed E-state index contributed by atoms with van der Waals surface area (Å²) in [6.07, 6.45) is -8.86. The second kappa shape index (κ2) is 54.9. The van der Waals surface area contributed by atoms with Crippen molar-refractivity contribution in [2.75, 3.05) is 225 Å². The third-order valence-corrected chi connectivity index (χ3v) is 23.6. The van der Waals surface area contributed by atoms with Gasteiger partial charge >= 0.3 is 13.4 Å². The molecular weight excluding hydrogens is 1500 g/mol. The van der Waals surface area contributed by atoms with Crippen LogP contribution in [-0.2, 0) is 138 Å². The van der Waals surface area contributed by atoms with E-state index in [0.717, 1.165) is 0 Å². The molecule has 0 aliphatic carbocycles. The number of ether oxygens (including phenoxy) is 15. The Morgan fingerprint density at radius 3 is 1.19 bits per heavy atom. The molecule has 42 heteroatoms. The highest BCUT2D eigenvalue weighted by atomic mass is 32.7. The minimum Gasteiger partial charge on any atom is -0.646 e. The minimum atomic E-state index is -3.65. The van der Waals surface area contributed by atoms with Gasteiger partial charge in [-0.15, -0.1) is 0 Å². The number of thiol groups is 1. The zero-order valence-electron chi connectivity index (χ0n) is 58.8. The Morgan fingerprint density at radius 1 is 0.406 bits per heavy atom. The zero-order valence-corrected chi connectivity index (χ0v) is 65.7. The van der Waals surface area contributed by atoms with Crippen LogP contribution < -0.4 is 4.89 Å². The van der Waals surface area contributed by atoms with E-state index >= 15 is 0 Å². The maximum atomic E-state index is 13.2. The highest BCUT2D eigenvalue weighted by molar-refractivity contribution is 8.48. The van der Waals surface area contributed by atoms with E-state index in [1.54, 1.807) is 27.4 Å². The SMILES string of the molecule is COP(O)(=S)OCCCOCC(COCCCOP(C)(=S)OCCOCCOCCC[C@@H]1OC(CO)[C@H](O)[C@H](O)C1C)(COCCCOP(O)(=S)OCCOCCOCCO[C@@H]1OC(CO)[C@H](O)[C@H](O)C1C)COCCCO[P+]([O-])(S)CCOCCOCCO[C@@H]1OC(CO)[C@H](O)[C@H](O)C1C. The molecular formula is C59H118O34P4S4. The number of hydrogen-bond donors (Lipinski definition) is 12. The normalized spacial score (nSPS) is 28.9. The Labute approximate surface area is 615 Å². The average Bonchev–Trinajstić information content (AvgIpc) is 0.838. The van der Waals surface area contributed by atoms with Crippen molar-refractivity contribution >= 4 is 74.5 Å². The first kappa shape index (κ1) is 96.6. The first-order chi connectivity index (χ1) is 48.2. The van der Waals surface area contributed by atoms with Gasteiger partial charge in [0.05, 0.1) is 202 Å². The van der Waals surface area contributed by atoms with Gasteiger partial charge < -0.3 is 159 Å². The van der Waals surface area contributed by atoms with Gasteiger partial charge in [-0.05, 0) is 73.9 Å². The Bertz CT molecular complexity index is 2140. The van der Waals surface area contributed by atoms with Crippen LogP contribution in [0.3, 0.4) is 0 Å². The number of rotatable bonds is 64. The van der Waals surface area contributed by atoms with E-state index < -0.39 is 125 Å². The fraction of sp³-hybridized carbons (Fsp3) is 1.00. The van der Waals surface area contributed by atoms with E-state index in [4.69, 9.17) is 138 Å². The van der Waals surface area contributed by atoms with Crippen molar-refractivity contribution in [3.05, 3.63) is 0 Å². The summed E-state index contributed by atoms with van der Waals surface area (Å²) in [7, 11) is 1.26. The van der Waals surface area contributed by atoms with Crippen LogP contribution in [0.15, 0.2) is 0 Å². The van der Waals surface area contributed by atoms with Crippen LogP contribution in [-0.4, -0.2) is 354 Å². The molecule has 602 valence electrons. The van der Waals surface area contributed by atoms with Crippen molar-refractivity contribution in [3.8, 4) is 0 Å². The summed E-state index contributed by atoms with van der Waals surface area (Å²) in [5, 5.41) is 89.3. The second-order valence-corrected chi connectivity index (χ2v) is 37.9. The topological polar surface area (TPSA) is 449 Å². The summed E-state index contributed by atoms with van der Waals surface area (Å²) in [5.41, 5.74) is -0.928. The zero-order chi connectivity index (χ0) is 74.6. The smallest absolute Gasteiger partial charge is 0.324 e. The Kier molecular flexibility index (Phi) is 52.5. The molecule has 0 aromatic carbocycles. The maximum absolute atomic E-state index is 13.2. The fourth-order valence-electron chi connectivity index (χ4n) is 9.97. The summed E-state index contributed by atoms with van der Waals surface area (Å²) in [6, 6.07) is 0. The Hall–Kier alpha value is 1.37. The van der Waals surface area contributed by atoms with Crippen LogP contribution in [0.5, 0.6) is 0 Å². The molecule has 0 radical (unpaired) electrons. The van der Waals surface area contributed by atoms with Gasteiger partial charge in [0.1, 0.15) is 42.8 Å². The molecule has 3 heterocycles. The van der Waals surface area contributed by atoms with Crippen LogP contribution in [0.25, 0.3) is 0 Å². The number of aliphatic hydroxyl groups excluding tert-OH is 9. The molecule has 0 spiro atoms. The molecule has 0 aromatic rings. The standard InChI is InChI=1S/C59H118O34P4S4/c1-44-47(91-48(37-60)54(66)51(44)63)11-6-12-73-21-22-76-29-33-86-94(5,98)85-17-7-13-79-40-59(42-81-15-9-19-88-96(70,100)72-4,41-80-14-8-18-87-95(69,99)36-35-78-26-25-75-28-32-84-58-46(3)53(65)56(68)50(39-62)93-58)43-82-16-10-20-89-97(71,101)90-34-30-77-24-23-74-27-31-83-57-45(2)52(64)55(67)49(38-61)92-57/h44-58,60-68H,6-43H2,1-5H3,(H,69,99)(H,70,100)(H,71,101)/t44?,45?,46?,47-,48?,49?,50?,51+,52+,53+,54-,55-,56-,57+,58+,59?,94?,95?,96?,97?/m0/s1. The van der Waals surface area contributed by atoms with Crippen LogP contribution >= 0.6 is 39.1 Å². The van der Waals surface area contributed by atoms with Gasteiger partial charge in [0, 0.05) is 76.8 Å². The Morgan fingerprint density at radius 2 is 0.743 bits per heavy atom. The molecule has 3 fully saturated rings. The minimum absolute atomic E-state index is 0.00773. The highest BCUT2D eigenvalue weighted by Gasteiger charge is 2.45. The van der Waals surface area contributed by atoms with Crippen molar-refractivity contribution in [3.63, 3.8) is 0 Å². The molecule has 3 aliphatic heterocycles. The molecule has 0 saturated carbocycles. The van der Waals surface area contributed by atoms with Crippen molar-refractivity contribution in [1.82, 2.24) is 0 Å². The van der Waals surface area contributed by atoms with Crippen molar-refractivity contribution in [2.45, 2.75) is 133 Å². The summed E-state index contributed by atoms with van der Waals surface area (Å²) < 4.78 is 125. The van der Waals surface area contributed by atoms with E-state index in [1.165, 1.54) is 7.11 Å². The third kappa shape index (κ3) is 41.5. The van der Waals surface area contributed by atoms with E-state index in [1.807, 2.05) is 0 Å².